The van der Waals surface area contributed by atoms with Crippen LogP contribution in [0.3, 0.4) is 0 Å². The second-order valence-corrected chi connectivity index (χ2v) is 11.0. The molecular formula is C33H38N2O4. The SMILES string of the molecule is CC(=O)Nc1cccc(C(=O)C[C@@H](C)c2ccc(O[C@@H]3CCN(c4ccc(OCC5CC5)cc4)C3)cc2)c1C. The highest BCUT2D eigenvalue weighted by atomic mass is 16.5. The molecule has 204 valence electrons. The number of amides is 1. The fraction of sp³-hybridized carbons (Fsp3) is 0.394. The van der Waals surface area contributed by atoms with Crippen LogP contribution in [0.5, 0.6) is 11.5 Å². The largest absolute Gasteiger partial charge is 0.493 e. The van der Waals surface area contributed by atoms with Gasteiger partial charge in [0.25, 0.3) is 0 Å². The van der Waals surface area contributed by atoms with Crippen LogP contribution in [0.4, 0.5) is 11.4 Å². The van der Waals surface area contributed by atoms with Crippen molar-refractivity contribution in [2.45, 2.75) is 58.5 Å². The lowest BCUT2D eigenvalue weighted by molar-refractivity contribution is -0.114. The molecular weight excluding hydrogens is 488 g/mol. The highest BCUT2D eigenvalue weighted by molar-refractivity contribution is 6.00. The molecule has 0 aromatic heterocycles. The summed E-state index contributed by atoms with van der Waals surface area (Å²) < 4.78 is 12.2. The number of hydrogen-bond acceptors (Lipinski definition) is 5. The van der Waals surface area contributed by atoms with E-state index in [0.29, 0.717) is 17.7 Å². The average molecular weight is 527 g/mol. The average Bonchev–Trinajstić information content (AvgIpc) is 3.65. The number of hydrogen-bond donors (Lipinski definition) is 1. The maximum absolute atomic E-state index is 13.1. The van der Waals surface area contributed by atoms with Gasteiger partial charge in [-0.3, -0.25) is 9.59 Å². The summed E-state index contributed by atoms with van der Waals surface area (Å²) in [6, 6.07) is 22.0. The van der Waals surface area contributed by atoms with Crippen LogP contribution >= 0.6 is 0 Å². The first-order valence-corrected chi connectivity index (χ1v) is 14.0. The van der Waals surface area contributed by atoms with E-state index >= 15 is 0 Å². The number of ether oxygens (including phenoxy) is 2. The number of ketones is 1. The predicted molar refractivity (Wildman–Crippen MR) is 155 cm³/mol. The molecule has 3 aromatic rings. The van der Waals surface area contributed by atoms with Crippen molar-refractivity contribution in [1.29, 1.82) is 0 Å². The second kappa shape index (κ2) is 11.9. The number of carbonyl (C=O) groups is 2. The Morgan fingerprint density at radius 3 is 2.38 bits per heavy atom. The summed E-state index contributed by atoms with van der Waals surface area (Å²) in [7, 11) is 0. The molecule has 39 heavy (non-hydrogen) atoms. The third-order valence-electron chi connectivity index (χ3n) is 7.72. The molecule has 2 atom stereocenters. The lowest BCUT2D eigenvalue weighted by atomic mass is 9.91. The molecule has 1 saturated heterocycles. The quantitative estimate of drug-likeness (QED) is 0.279. The lowest BCUT2D eigenvalue weighted by Gasteiger charge is -2.20. The van der Waals surface area contributed by atoms with Crippen LogP contribution < -0.4 is 19.7 Å². The molecule has 1 aliphatic carbocycles. The fourth-order valence-electron chi connectivity index (χ4n) is 5.15. The highest BCUT2D eigenvalue weighted by Crippen LogP contribution is 2.31. The zero-order valence-electron chi connectivity index (χ0n) is 23.1. The molecule has 1 saturated carbocycles. The molecule has 1 N–H and O–H groups in total. The van der Waals surface area contributed by atoms with Gasteiger partial charge in [0.05, 0.1) is 13.2 Å². The van der Waals surface area contributed by atoms with E-state index in [-0.39, 0.29) is 23.7 Å². The molecule has 3 aromatic carbocycles. The zero-order chi connectivity index (χ0) is 27.4. The van der Waals surface area contributed by atoms with Crippen LogP contribution in [0, 0.1) is 12.8 Å². The van der Waals surface area contributed by atoms with Crippen molar-refractivity contribution in [3.8, 4) is 11.5 Å². The summed E-state index contributed by atoms with van der Waals surface area (Å²) in [5.41, 5.74) is 4.44. The number of benzene rings is 3. The lowest BCUT2D eigenvalue weighted by Crippen LogP contribution is -2.24. The van der Waals surface area contributed by atoms with Crippen molar-refractivity contribution in [1.82, 2.24) is 0 Å². The van der Waals surface area contributed by atoms with Crippen molar-refractivity contribution >= 4 is 23.1 Å². The first kappa shape index (κ1) is 26.8. The summed E-state index contributed by atoms with van der Waals surface area (Å²) in [6.07, 6.45) is 4.10. The van der Waals surface area contributed by atoms with Gasteiger partial charge in [0, 0.05) is 43.2 Å². The maximum Gasteiger partial charge on any atom is 0.221 e. The first-order valence-electron chi connectivity index (χ1n) is 14.0. The Balaban J connectivity index is 1.12. The van der Waals surface area contributed by atoms with Crippen LogP contribution in [0.2, 0.25) is 0 Å². The minimum absolute atomic E-state index is 0.0635. The Morgan fingerprint density at radius 1 is 0.974 bits per heavy atom. The van der Waals surface area contributed by atoms with E-state index in [0.717, 1.165) is 54.7 Å². The molecule has 2 aliphatic rings. The number of anilines is 2. The van der Waals surface area contributed by atoms with E-state index in [1.165, 1.54) is 25.5 Å². The molecule has 1 amide bonds. The van der Waals surface area contributed by atoms with Crippen LogP contribution in [-0.2, 0) is 4.79 Å². The molecule has 5 rings (SSSR count). The molecule has 0 spiro atoms. The Labute approximate surface area is 231 Å². The summed E-state index contributed by atoms with van der Waals surface area (Å²) in [4.78, 5) is 26.9. The van der Waals surface area contributed by atoms with Gasteiger partial charge >= 0.3 is 0 Å². The molecule has 1 heterocycles. The third kappa shape index (κ3) is 6.99. The smallest absolute Gasteiger partial charge is 0.221 e. The summed E-state index contributed by atoms with van der Waals surface area (Å²) in [6.45, 7) is 8.06. The summed E-state index contributed by atoms with van der Waals surface area (Å²) in [5, 5.41) is 2.80. The molecule has 2 fully saturated rings. The molecule has 6 nitrogen and oxygen atoms in total. The molecule has 0 radical (unpaired) electrons. The molecule has 0 unspecified atom stereocenters. The second-order valence-electron chi connectivity index (χ2n) is 11.0. The molecule has 1 aliphatic heterocycles. The van der Waals surface area contributed by atoms with Gasteiger partial charge in [0.2, 0.25) is 5.91 Å². The third-order valence-corrected chi connectivity index (χ3v) is 7.72. The Morgan fingerprint density at radius 2 is 1.69 bits per heavy atom. The van der Waals surface area contributed by atoms with E-state index < -0.39 is 0 Å². The number of rotatable bonds is 11. The Bertz CT molecular complexity index is 1300. The van der Waals surface area contributed by atoms with Crippen molar-refractivity contribution < 1.29 is 19.1 Å². The van der Waals surface area contributed by atoms with Crippen molar-refractivity contribution in [2.24, 2.45) is 5.92 Å². The number of carbonyl (C=O) groups excluding carboxylic acids is 2. The topological polar surface area (TPSA) is 67.9 Å². The summed E-state index contributed by atoms with van der Waals surface area (Å²) >= 11 is 0. The predicted octanol–water partition coefficient (Wildman–Crippen LogP) is 6.78. The minimum atomic E-state index is -0.146. The first-order chi connectivity index (χ1) is 18.9. The fourth-order valence-corrected chi connectivity index (χ4v) is 5.15. The highest BCUT2D eigenvalue weighted by Gasteiger charge is 2.25. The van der Waals surface area contributed by atoms with Crippen LogP contribution in [-0.4, -0.2) is 37.5 Å². The van der Waals surface area contributed by atoms with Gasteiger partial charge in [-0.15, -0.1) is 0 Å². The normalized spacial score (nSPS) is 17.5. The van der Waals surface area contributed by atoms with Gasteiger partial charge in [0.1, 0.15) is 17.6 Å². The Hall–Kier alpha value is -3.80. The van der Waals surface area contributed by atoms with Gasteiger partial charge < -0.3 is 19.7 Å². The van der Waals surface area contributed by atoms with E-state index in [1.807, 2.05) is 37.3 Å². The Kier molecular flexibility index (Phi) is 8.20. The number of Topliss-reactive ketones (excluding diaryl/α,β-unsaturated/α-hetero) is 1. The maximum atomic E-state index is 13.1. The monoisotopic (exact) mass is 526 g/mol. The van der Waals surface area contributed by atoms with Crippen molar-refractivity contribution in [3.05, 3.63) is 83.4 Å². The van der Waals surface area contributed by atoms with E-state index in [2.05, 4.69) is 53.5 Å². The van der Waals surface area contributed by atoms with Crippen LogP contribution in [0.15, 0.2) is 66.7 Å². The van der Waals surface area contributed by atoms with Gasteiger partial charge in [-0.25, -0.2) is 0 Å². The molecule has 6 heteroatoms. The number of nitrogens with one attached hydrogen (secondary N) is 1. The number of nitrogens with zero attached hydrogens (tertiary/aromatic N) is 1. The van der Waals surface area contributed by atoms with Crippen molar-refractivity contribution in [3.63, 3.8) is 0 Å². The van der Waals surface area contributed by atoms with E-state index in [4.69, 9.17) is 9.47 Å². The van der Waals surface area contributed by atoms with Gasteiger partial charge in [-0.2, -0.15) is 0 Å². The zero-order valence-corrected chi connectivity index (χ0v) is 23.1. The van der Waals surface area contributed by atoms with Gasteiger partial charge in [-0.05, 0) is 85.2 Å². The van der Waals surface area contributed by atoms with Crippen molar-refractivity contribution in [2.75, 3.05) is 29.9 Å². The van der Waals surface area contributed by atoms with E-state index in [9.17, 15) is 9.59 Å². The van der Waals surface area contributed by atoms with Crippen LogP contribution in [0.1, 0.15) is 66.9 Å². The van der Waals surface area contributed by atoms with E-state index in [1.54, 1.807) is 0 Å². The van der Waals surface area contributed by atoms with Crippen LogP contribution in [0.25, 0.3) is 0 Å². The van der Waals surface area contributed by atoms with Gasteiger partial charge in [0.15, 0.2) is 5.78 Å². The van der Waals surface area contributed by atoms with Gasteiger partial charge in [-0.1, -0.05) is 31.2 Å². The standard InChI is InChI=1S/C33H38N2O4/c1-22(19-33(37)31-5-4-6-32(23(31)2)34-24(3)36)26-9-13-29(14-10-26)39-30-17-18-35(20-30)27-11-15-28(16-12-27)38-21-25-7-8-25/h4-6,9-16,22,25,30H,7-8,17-21H2,1-3H3,(H,34,36)/t22-,30-/m1/s1. The summed E-state index contributed by atoms with van der Waals surface area (Å²) in [5.74, 6) is 2.54. The minimum Gasteiger partial charge on any atom is -0.493 e. The molecule has 0 bridgehead atoms.